The molecule has 3 aromatic carbocycles. The predicted octanol–water partition coefficient (Wildman–Crippen LogP) is 4.50. The summed E-state index contributed by atoms with van der Waals surface area (Å²) in [4.78, 5) is 17.8. The van der Waals surface area contributed by atoms with Crippen molar-refractivity contribution >= 4 is 10.9 Å². The number of hydrogen-bond donors (Lipinski definition) is 0. The van der Waals surface area contributed by atoms with Gasteiger partial charge in [-0.15, -0.1) is 0 Å². The molecule has 0 aliphatic carbocycles. The first kappa shape index (κ1) is 16.8. The Morgan fingerprint density at radius 2 is 1.63 bits per heavy atom. The van der Waals surface area contributed by atoms with Crippen LogP contribution in [0.3, 0.4) is 0 Å². The molecule has 0 bridgehead atoms. The summed E-state index contributed by atoms with van der Waals surface area (Å²) in [5.41, 5.74) is 2.18. The Balaban J connectivity index is 1.91. The lowest BCUT2D eigenvalue weighted by Gasteiger charge is -2.14. The molecule has 0 atom stereocenters. The van der Waals surface area contributed by atoms with Crippen LogP contribution < -0.4 is 15.0 Å². The van der Waals surface area contributed by atoms with E-state index in [-0.39, 0.29) is 11.6 Å². The van der Waals surface area contributed by atoms with Crippen LogP contribution in [0.4, 0.5) is 0 Å². The molecule has 5 nitrogen and oxygen atoms in total. The fraction of sp³-hybridized carbons (Fsp3) is 0.0909. The second kappa shape index (κ2) is 6.96. The van der Waals surface area contributed by atoms with Crippen LogP contribution in [0.5, 0.6) is 17.5 Å². The molecule has 4 aromatic rings. The highest BCUT2D eigenvalue weighted by Gasteiger charge is 2.15. The van der Waals surface area contributed by atoms with Gasteiger partial charge in [0.1, 0.15) is 11.5 Å². The maximum Gasteiger partial charge on any atom is 0.310 e. The van der Waals surface area contributed by atoms with Crippen molar-refractivity contribution in [2.75, 3.05) is 7.11 Å². The molecule has 0 amide bonds. The third-order valence-corrected chi connectivity index (χ3v) is 4.27. The zero-order chi connectivity index (χ0) is 18.8. The van der Waals surface area contributed by atoms with Crippen molar-refractivity contribution in [1.82, 2.24) is 9.55 Å². The fourth-order valence-corrected chi connectivity index (χ4v) is 2.92. The molecule has 1 heterocycles. The molecule has 27 heavy (non-hydrogen) atoms. The number of methoxy groups -OCH3 is 1. The Bertz CT molecular complexity index is 1160. The molecule has 0 saturated carbocycles. The van der Waals surface area contributed by atoms with Crippen LogP contribution in [0.15, 0.2) is 77.6 Å². The number of aryl methyl sites for hydroxylation is 1. The number of benzene rings is 3. The highest BCUT2D eigenvalue weighted by atomic mass is 16.5. The van der Waals surface area contributed by atoms with Crippen molar-refractivity contribution < 1.29 is 9.47 Å². The van der Waals surface area contributed by atoms with Crippen LogP contribution in [-0.4, -0.2) is 16.7 Å². The third kappa shape index (κ3) is 3.27. The highest BCUT2D eigenvalue weighted by Crippen LogP contribution is 2.25. The summed E-state index contributed by atoms with van der Waals surface area (Å²) < 4.78 is 12.7. The molecule has 0 N–H and O–H groups in total. The lowest BCUT2D eigenvalue weighted by molar-refractivity contribution is 0.408. The molecule has 0 aliphatic heterocycles. The summed E-state index contributed by atoms with van der Waals surface area (Å²) in [6.07, 6.45) is 0. The molecule has 5 heteroatoms. The Morgan fingerprint density at radius 1 is 0.889 bits per heavy atom. The van der Waals surface area contributed by atoms with E-state index in [1.54, 1.807) is 43.5 Å². The summed E-state index contributed by atoms with van der Waals surface area (Å²) in [7, 11) is 1.61. The van der Waals surface area contributed by atoms with Crippen LogP contribution in [0, 0.1) is 6.92 Å². The third-order valence-electron chi connectivity index (χ3n) is 4.27. The minimum absolute atomic E-state index is 0.172. The van der Waals surface area contributed by atoms with Crippen molar-refractivity contribution in [3.05, 3.63) is 88.7 Å². The molecule has 0 fully saturated rings. The monoisotopic (exact) mass is 358 g/mol. The van der Waals surface area contributed by atoms with Crippen molar-refractivity contribution in [2.45, 2.75) is 6.92 Å². The average molecular weight is 358 g/mol. The van der Waals surface area contributed by atoms with E-state index in [1.807, 2.05) is 43.3 Å². The summed E-state index contributed by atoms with van der Waals surface area (Å²) in [6.45, 7) is 1.98. The summed E-state index contributed by atoms with van der Waals surface area (Å²) in [5.74, 6) is 1.30. The van der Waals surface area contributed by atoms with Gasteiger partial charge in [0.2, 0.25) is 0 Å². The lowest BCUT2D eigenvalue weighted by Crippen LogP contribution is -2.21. The van der Waals surface area contributed by atoms with E-state index in [9.17, 15) is 4.79 Å². The van der Waals surface area contributed by atoms with Crippen LogP contribution in [0.1, 0.15) is 5.56 Å². The normalized spacial score (nSPS) is 10.7. The van der Waals surface area contributed by atoms with Gasteiger partial charge in [-0.05, 0) is 61.0 Å². The van der Waals surface area contributed by atoms with Crippen LogP contribution in [0.2, 0.25) is 0 Å². The molecule has 0 spiro atoms. The van der Waals surface area contributed by atoms with E-state index in [4.69, 9.17) is 9.47 Å². The number of fused-ring (bicyclic) bond motifs is 1. The lowest BCUT2D eigenvalue weighted by atomic mass is 10.2. The van der Waals surface area contributed by atoms with Gasteiger partial charge in [-0.3, -0.25) is 4.79 Å². The first-order valence-electron chi connectivity index (χ1n) is 8.56. The van der Waals surface area contributed by atoms with Gasteiger partial charge in [-0.1, -0.05) is 24.3 Å². The van der Waals surface area contributed by atoms with Crippen LogP contribution in [0.25, 0.3) is 16.6 Å². The molecule has 4 rings (SSSR count). The first-order chi connectivity index (χ1) is 13.2. The molecule has 0 radical (unpaired) electrons. The second-order valence-electron chi connectivity index (χ2n) is 6.17. The fourth-order valence-electron chi connectivity index (χ4n) is 2.92. The number of aromatic nitrogens is 2. The van der Waals surface area contributed by atoms with Gasteiger partial charge >= 0.3 is 6.01 Å². The molecular weight excluding hydrogens is 340 g/mol. The highest BCUT2D eigenvalue weighted by molar-refractivity contribution is 5.78. The van der Waals surface area contributed by atoms with Gasteiger partial charge < -0.3 is 9.47 Å². The molecule has 0 aliphatic rings. The molecule has 0 saturated heterocycles. The first-order valence-corrected chi connectivity index (χ1v) is 8.56. The Kier molecular flexibility index (Phi) is 4.34. The quantitative estimate of drug-likeness (QED) is 0.539. The topological polar surface area (TPSA) is 53.4 Å². The Labute approximate surface area is 156 Å². The minimum atomic E-state index is -0.172. The Morgan fingerprint density at radius 3 is 2.37 bits per heavy atom. The molecule has 0 unspecified atom stereocenters. The molecule has 134 valence electrons. The van der Waals surface area contributed by atoms with Gasteiger partial charge in [0.15, 0.2) is 0 Å². The zero-order valence-electron chi connectivity index (χ0n) is 15.0. The summed E-state index contributed by atoms with van der Waals surface area (Å²) >= 11 is 0. The van der Waals surface area contributed by atoms with Gasteiger partial charge in [0.25, 0.3) is 5.56 Å². The number of para-hydroxylation sites is 1. The zero-order valence-corrected chi connectivity index (χ0v) is 15.0. The van der Waals surface area contributed by atoms with Crippen molar-refractivity contribution in [1.29, 1.82) is 0 Å². The second-order valence-corrected chi connectivity index (χ2v) is 6.17. The minimum Gasteiger partial charge on any atom is -0.497 e. The summed E-state index contributed by atoms with van der Waals surface area (Å²) in [5, 5.41) is 0.543. The van der Waals surface area contributed by atoms with Crippen molar-refractivity contribution in [2.24, 2.45) is 0 Å². The van der Waals surface area contributed by atoms with E-state index in [0.717, 1.165) is 11.3 Å². The smallest absolute Gasteiger partial charge is 0.310 e. The number of rotatable bonds is 4. The predicted molar refractivity (Wildman–Crippen MR) is 105 cm³/mol. The van der Waals surface area contributed by atoms with Gasteiger partial charge in [-0.2, -0.15) is 4.98 Å². The number of nitrogens with zero attached hydrogens (tertiary/aromatic N) is 2. The maximum absolute atomic E-state index is 13.2. The SMILES string of the molecule is COc1ccc(Oc2nc3ccccc3c(=O)n2-c2cccc(C)c2)cc1. The van der Waals surface area contributed by atoms with Gasteiger partial charge in [0.05, 0.1) is 23.7 Å². The van der Waals surface area contributed by atoms with E-state index in [0.29, 0.717) is 22.3 Å². The van der Waals surface area contributed by atoms with E-state index in [1.165, 1.54) is 4.57 Å². The van der Waals surface area contributed by atoms with Crippen LogP contribution >= 0.6 is 0 Å². The average Bonchev–Trinajstić information content (AvgIpc) is 2.69. The number of ether oxygens (including phenoxy) is 2. The summed E-state index contributed by atoms with van der Waals surface area (Å²) in [6, 6.07) is 22.3. The maximum atomic E-state index is 13.2. The van der Waals surface area contributed by atoms with E-state index < -0.39 is 0 Å². The Hall–Kier alpha value is -3.60. The van der Waals surface area contributed by atoms with Gasteiger partial charge in [-0.25, -0.2) is 4.57 Å². The molecular formula is C22H18N2O3. The van der Waals surface area contributed by atoms with Gasteiger partial charge in [0, 0.05) is 0 Å². The van der Waals surface area contributed by atoms with Crippen molar-refractivity contribution in [3.8, 4) is 23.2 Å². The molecule has 1 aromatic heterocycles. The van der Waals surface area contributed by atoms with E-state index >= 15 is 0 Å². The number of hydrogen-bond acceptors (Lipinski definition) is 4. The largest absolute Gasteiger partial charge is 0.497 e. The van der Waals surface area contributed by atoms with Crippen LogP contribution in [-0.2, 0) is 0 Å². The van der Waals surface area contributed by atoms with Crippen molar-refractivity contribution in [3.63, 3.8) is 0 Å². The standard InChI is InChI=1S/C22H18N2O3/c1-15-6-5-7-16(14-15)24-21(25)19-8-3-4-9-20(19)23-22(24)27-18-12-10-17(26-2)11-13-18/h3-14H,1-2H3. The van der Waals surface area contributed by atoms with E-state index in [2.05, 4.69) is 4.98 Å².